The molecule has 0 aromatic carbocycles. The van der Waals surface area contributed by atoms with Gasteiger partial charge in [0.15, 0.2) is 22.6 Å². The Labute approximate surface area is 100 Å². The second kappa shape index (κ2) is 4.68. The second-order valence-electron chi connectivity index (χ2n) is 3.17. The van der Waals surface area contributed by atoms with Crippen LogP contribution in [0.1, 0.15) is 0 Å². The molecule has 2 aromatic heterocycles. The third kappa shape index (κ3) is 2.37. The van der Waals surface area contributed by atoms with Gasteiger partial charge in [-0.3, -0.25) is 0 Å². The van der Waals surface area contributed by atoms with Crippen LogP contribution in [0.4, 0.5) is 14.6 Å². The van der Waals surface area contributed by atoms with Crippen LogP contribution in [-0.2, 0) is 7.05 Å². The highest BCUT2D eigenvalue weighted by Crippen LogP contribution is 2.28. The van der Waals surface area contributed by atoms with Gasteiger partial charge >= 0.3 is 0 Å². The van der Waals surface area contributed by atoms with Gasteiger partial charge in [-0.05, 0) is 11.8 Å². The van der Waals surface area contributed by atoms with Gasteiger partial charge in [-0.2, -0.15) is 0 Å². The number of halogens is 2. The summed E-state index contributed by atoms with van der Waals surface area (Å²) in [5.74, 6) is 3.27. The van der Waals surface area contributed by atoms with Gasteiger partial charge < -0.3 is 9.99 Å². The summed E-state index contributed by atoms with van der Waals surface area (Å²) in [5, 5.41) is 0.555. The molecule has 0 aliphatic rings. The molecule has 0 amide bonds. The van der Waals surface area contributed by atoms with Crippen molar-refractivity contribution in [3.63, 3.8) is 0 Å². The number of hydrogen-bond acceptors (Lipinski definition) is 5. The number of imidazole rings is 1. The summed E-state index contributed by atoms with van der Waals surface area (Å²) < 4.78 is 28.3. The SMILES string of the molecule is Cn1ccnc1Sc1nc(NN)c(F)cc1F. The van der Waals surface area contributed by atoms with Crippen LogP contribution in [0.5, 0.6) is 0 Å². The number of nitrogens with zero attached hydrogens (tertiary/aromatic N) is 3. The molecule has 0 radical (unpaired) electrons. The highest BCUT2D eigenvalue weighted by molar-refractivity contribution is 7.99. The predicted molar refractivity (Wildman–Crippen MR) is 59.3 cm³/mol. The third-order valence-corrected chi connectivity index (χ3v) is 3.05. The van der Waals surface area contributed by atoms with Crippen LogP contribution < -0.4 is 11.3 Å². The Hall–Kier alpha value is -1.67. The van der Waals surface area contributed by atoms with Gasteiger partial charge in [-0.1, -0.05) is 0 Å². The van der Waals surface area contributed by atoms with Crippen LogP contribution in [0.2, 0.25) is 0 Å². The number of nitrogens with one attached hydrogen (secondary N) is 1. The second-order valence-corrected chi connectivity index (χ2v) is 4.13. The molecule has 0 aliphatic carbocycles. The van der Waals surface area contributed by atoms with Crippen molar-refractivity contribution in [3.05, 3.63) is 30.1 Å². The van der Waals surface area contributed by atoms with Gasteiger partial charge in [-0.25, -0.2) is 24.6 Å². The zero-order valence-electron chi connectivity index (χ0n) is 8.82. The van der Waals surface area contributed by atoms with Gasteiger partial charge in [0.05, 0.1) is 0 Å². The van der Waals surface area contributed by atoms with Crippen LogP contribution in [0, 0.1) is 11.6 Å². The van der Waals surface area contributed by atoms with Gasteiger partial charge in [0, 0.05) is 25.5 Å². The van der Waals surface area contributed by atoms with E-state index in [1.165, 1.54) is 0 Å². The van der Waals surface area contributed by atoms with Crippen molar-refractivity contribution in [3.8, 4) is 0 Å². The minimum absolute atomic E-state index is 0.00801. The van der Waals surface area contributed by atoms with Crippen LogP contribution >= 0.6 is 11.8 Å². The van der Waals surface area contributed by atoms with Crippen molar-refractivity contribution in [1.29, 1.82) is 0 Å². The summed E-state index contributed by atoms with van der Waals surface area (Å²) in [6.45, 7) is 0. The minimum Gasteiger partial charge on any atom is -0.329 e. The standard InChI is InChI=1S/C9H9F2N5S/c1-16-3-2-13-9(16)17-8-6(11)4-5(10)7(14-8)15-12/h2-4H,12H2,1H3,(H,14,15). The molecular weight excluding hydrogens is 248 g/mol. The van der Waals surface area contributed by atoms with Crippen molar-refractivity contribution in [2.75, 3.05) is 5.43 Å². The zero-order chi connectivity index (χ0) is 12.4. The number of rotatable bonds is 3. The van der Waals surface area contributed by atoms with E-state index >= 15 is 0 Å². The van der Waals surface area contributed by atoms with Gasteiger partial charge in [-0.15, -0.1) is 0 Å². The van der Waals surface area contributed by atoms with Crippen molar-refractivity contribution in [2.45, 2.75) is 10.2 Å². The molecule has 2 aromatic rings. The molecule has 2 heterocycles. The molecule has 0 saturated carbocycles. The maximum atomic E-state index is 13.5. The fraction of sp³-hybridized carbons (Fsp3) is 0.111. The van der Waals surface area contributed by atoms with E-state index in [4.69, 9.17) is 5.84 Å². The lowest BCUT2D eigenvalue weighted by Gasteiger charge is -2.06. The molecule has 0 bridgehead atoms. The Morgan fingerprint density at radius 2 is 2.18 bits per heavy atom. The van der Waals surface area contributed by atoms with E-state index in [1.807, 2.05) is 0 Å². The molecule has 0 spiro atoms. The van der Waals surface area contributed by atoms with Crippen LogP contribution in [0.15, 0.2) is 28.6 Å². The fourth-order valence-corrected chi connectivity index (χ4v) is 1.94. The number of aryl methyl sites for hydroxylation is 1. The quantitative estimate of drug-likeness (QED) is 0.644. The first-order valence-electron chi connectivity index (χ1n) is 4.59. The summed E-state index contributed by atoms with van der Waals surface area (Å²) >= 11 is 0.989. The minimum atomic E-state index is -0.839. The van der Waals surface area contributed by atoms with E-state index in [2.05, 4.69) is 15.4 Å². The number of anilines is 1. The first-order chi connectivity index (χ1) is 8.11. The van der Waals surface area contributed by atoms with Crippen molar-refractivity contribution in [2.24, 2.45) is 12.9 Å². The summed E-state index contributed by atoms with van der Waals surface area (Å²) in [4.78, 5) is 7.73. The molecule has 8 heteroatoms. The third-order valence-electron chi connectivity index (χ3n) is 2.00. The van der Waals surface area contributed by atoms with Gasteiger partial charge in [0.2, 0.25) is 0 Å². The van der Waals surface area contributed by atoms with Crippen molar-refractivity contribution < 1.29 is 8.78 Å². The Morgan fingerprint density at radius 3 is 2.76 bits per heavy atom. The number of pyridine rings is 1. The molecule has 17 heavy (non-hydrogen) atoms. The largest absolute Gasteiger partial charge is 0.329 e. The lowest BCUT2D eigenvalue weighted by molar-refractivity contribution is 0.550. The number of nitrogens with two attached hydrogens (primary N) is 1. The number of nitrogen functional groups attached to an aromatic ring is 1. The van der Waals surface area contributed by atoms with Crippen LogP contribution in [0.25, 0.3) is 0 Å². The molecule has 3 N–H and O–H groups in total. The zero-order valence-corrected chi connectivity index (χ0v) is 9.63. The first-order valence-corrected chi connectivity index (χ1v) is 5.41. The van der Waals surface area contributed by atoms with Gasteiger partial charge in [0.25, 0.3) is 0 Å². The van der Waals surface area contributed by atoms with E-state index in [-0.39, 0.29) is 10.8 Å². The molecule has 0 saturated heterocycles. The molecule has 90 valence electrons. The molecule has 0 unspecified atom stereocenters. The predicted octanol–water partition coefficient (Wildman–Crippen LogP) is 1.53. The molecule has 2 rings (SSSR count). The van der Waals surface area contributed by atoms with E-state index in [9.17, 15) is 8.78 Å². The highest BCUT2D eigenvalue weighted by Gasteiger charge is 2.14. The topological polar surface area (TPSA) is 68.8 Å². The maximum absolute atomic E-state index is 13.5. The fourth-order valence-electron chi connectivity index (χ4n) is 1.16. The van der Waals surface area contributed by atoms with E-state index < -0.39 is 11.6 Å². The first kappa shape index (κ1) is 11.8. The molecular formula is C9H9F2N5S. The van der Waals surface area contributed by atoms with E-state index in [0.717, 1.165) is 17.8 Å². The molecule has 0 fully saturated rings. The van der Waals surface area contributed by atoms with E-state index in [0.29, 0.717) is 5.16 Å². The van der Waals surface area contributed by atoms with Gasteiger partial charge in [0.1, 0.15) is 5.03 Å². The smallest absolute Gasteiger partial charge is 0.177 e. The maximum Gasteiger partial charge on any atom is 0.177 e. The number of hydrazine groups is 1. The van der Waals surface area contributed by atoms with E-state index in [1.54, 1.807) is 24.0 Å². The van der Waals surface area contributed by atoms with Crippen molar-refractivity contribution in [1.82, 2.24) is 14.5 Å². The number of aromatic nitrogens is 3. The Morgan fingerprint density at radius 1 is 1.41 bits per heavy atom. The summed E-state index contributed by atoms with van der Waals surface area (Å²) in [5.41, 5.74) is 2.06. The normalized spacial score (nSPS) is 10.6. The summed E-state index contributed by atoms with van der Waals surface area (Å²) in [6, 6.07) is 0.730. The monoisotopic (exact) mass is 257 g/mol. The highest BCUT2D eigenvalue weighted by atomic mass is 32.2. The summed E-state index contributed by atoms with van der Waals surface area (Å²) in [7, 11) is 1.76. The summed E-state index contributed by atoms with van der Waals surface area (Å²) in [6.07, 6.45) is 3.29. The molecule has 0 atom stereocenters. The average molecular weight is 257 g/mol. The Balaban J connectivity index is 2.36. The van der Waals surface area contributed by atoms with Crippen molar-refractivity contribution >= 4 is 17.6 Å². The lowest BCUT2D eigenvalue weighted by Crippen LogP contribution is -2.11. The van der Waals surface area contributed by atoms with Crippen LogP contribution in [0.3, 0.4) is 0 Å². The molecule has 0 aliphatic heterocycles. The Kier molecular flexibility index (Phi) is 3.25. The molecule has 5 nitrogen and oxygen atoms in total. The van der Waals surface area contributed by atoms with Crippen LogP contribution in [-0.4, -0.2) is 14.5 Å². The lowest BCUT2D eigenvalue weighted by atomic mass is 10.4. The average Bonchev–Trinajstić information content (AvgIpc) is 2.68. The number of hydrogen-bond donors (Lipinski definition) is 2. The Bertz CT molecular complexity index is 542.